The SMILES string of the molecule is CN1C(=CC(=O)COC(=O)CNC(=O)c2ccccc2)C(C)(C)c2ccccc21. The molecule has 6 heteroatoms. The highest BCUT2D eigenvalue weighted by Gasteiger charge is 2.38. The monoisotopic (exact) mass is 392 g/mol. The maximum atomic E-state index is 12.4. The van der Waals surface area contributed by atoms with Gasteiger partial charge in [0.2, 0.25) is 0 Å². The Labute approximate surface area is 170 Å². The fourth-order valence-corrected chi connectivity index (χ4v) is 3.50. The number of ether oxygens (including phenoxy) is 1. The van der Waals surface area contributed by atoms with Crippen LogP contribution in [0.15, 0.2) is 66.4 Å². The summed E-state index contributed by atoms with van der Waals surface area (Å²) >= 11 is 0. The van der Waals surface area contributed by atoms with E-state index in [1.807, 2.05) is 36.2 Å². The van der Waals surface area contributed by atoms with E-state index in [2.05, 4.69) is 19.2 Å². The van der Waals surface area contributed by atoms with Crippen LogP contribution in [0.25, 0.3) is 0 Å². The van der Waals surface area contributed by atoms with Gasteiger partial charge in [0.1, 0.15) is 6.54 Å². The Morgan fingerprint density at radius 1 is 1.03 bits per heavy atom. The van der Waals surface area contributed by atoms with E-state index in [1.165, 1.54) is 6.08 Å². The lowest BCUT2D eigenvalue weighted by molar-refractivity contribution is -0.145. The van der Waals surface area contributed by atoms with Crippen molar-refractivity contribution in [1.82, 2.24) is 5.32 Å². The molecule has 1 aliphatic heterocycles. The van der Waals surface area contributed by atoms with E-state index in [0.29, 0.717) is 5.56 Å². The van der Waals surface area contributed by atoms with E-state index in [0.717, 1.165) is 16.9 Å². The molecule has 0 aromatic heterocycles. The van der Waals surface area contributed by atoms with Crippen LogP contribution >= 0.6 is 0 Å². The third-order valence-electron chi connectivity index (χ3n) is 5.04. The lowest BCUT2D eigenvalue weighted by Gasteiger charge is -2.23. The molecule has 150 valence electrons. The van der Waals surface area contributed by atoms with Gasteiger partial charge in [-0.05, 0) is 23.8 Å². The van der Waals surface area contributed by atoms with Gasteiger partial charge in [0.25, 0.3) is 5.91 Å². The molecule has 0 fully saturated rings. The Bertz CT molecular complexity index is 964. The van der Waals surface area contributed by atoms with Crippen molar-refractivity contribution in [1.29, 1.82) is 0 Å². The molecule has 0 aliphatic carbocycles. The van der Waals surface area contributed by atoms with Crippen molar-refractivity contribution >= 4 is 23.3 Å². The number of anilines is 1. The molecule has 3 rings (SSSR count). The average Bonchev–Trinajstić information content (AvgIpc) is 2.92. The fraction of sp³-hybridized carbons (Fsp3) is 0.261. The standard InChI is InChI=1S/C23H24N2O4/c1-23(2)18-11-7-8-12-19(18)25(3)20(23)13-17(26)15-29-21(27)14-24-22(28)16-9-5-4-6-10-16/h4-13H,14-15H2,1-3H3,(H,24,28). The first-order chi connectivity index (χ1) is 13.8. The van der Waals surface area contributed by atoms with Gasteiger partial charge in [-0.25, -0.2) is 0 Å². The number of carbonyl (C=O) groups is 3. The van der Waals surface area contributed by atoms with Crippen LogP contribution < -0.4 is 10.2 Å². The Morgan fingerprint density at radius 3 is 2.38 bits per heavy atom. The number of nitrogens with zero attached hydrogens (tertiary/aromatic N) is 1. The molecular weight excluding hydrogens is 368 g/mol. The third-order valence-corrected chi connectivity index (χ3v) is 5.04. The van der Waals surface area contributed by atoms with Crippen molar-refractivity contribution in [3.05, 3.63) is 77.5 Å². The maximum Gasteiger partial charge on any atom is 0.325 e. The lowest BCUT2D eigenvalue weighted by Crippen LogP contribution is -2.31. The molecule has 1 amide bonds. The van der Waals surface area contributed by atoms with E-state index < -0.39 is 5.97 Å². The van der Waals surface area contributed by atoms with Gasteiger partial charge in [0, 0.05) is 35.5 Å². The number of esters is 1. The van der Waals surface area contributed by atoms with Gasteiger partial charge in [-0.2, -0.15) is 0 Å². The van der Waals surface area contributed by atoms with E-state index in [4.69, 9.17) is 4.74 Å². The first-order valence-corrected chi connectivity index (χ1v) is 9.38. The predicted octanol–water partition coefficient (Wildman–Crippen LogP) is 2.84. The summed E-state index contributed by atoms with van der Waals surface area (Å²) < 4.78 is 5.01. The number of amides is 1. The number of para-hydroxylation sites is 1. The number of hydrogen-bond donors (Lipinski definition) is 1. The molecule has 0 saturated heterocycles. The topological polar surface area (TPSA) is 75.7 Å². The van der Waals surface area contributed by atoms with Crippen LogP contribution in [-0.4, -0.2) is 37.9 Å². The van der Waals surface area contributed by atoms with Gasteiger partial charge in [-0.3, -0.25) is 14.4 Å². The Kier molecular flexibility index (Phi) is 5.82. The van der Waals surface area contributed by atoms with Gasteiger partial charge in [-0.1, -0.05) is 50.2 Å². The van der Waals surface area contributed by atoms with Crippen LogP contribution in [0.2, 0.25) is 0 Å². The number of hydrogen-bond acceptors (Lipinski definition) is 5. The number of likely N-dealkylation sites (N-methyl/N-ethyl adjacent to an activating group) is 1. The van der Waals surface area contributed by atoms with Gasteiger partial charge in [-0.15, -0.1) is 0 Å². The second-order valence-corrected chi connectivity index (χ2v) is 7.41. The fourth-order valence-electron chi connectivity index (χ4n) is 3.50. The first-order valence-electron chi connectivity index (χ1n) is 9.38. The van der Waals surface area contributed by atoms with Gasteiger partial charge in [0.05, 0.1) is 0 Å². The number of carbonyl (C=O) groups excluding carboxylic acids is 3. The summed E-state index contributed by atoms with van der Waals surface area (Å²) in [7, 11) is 1.91. The number of fused-ring (bicyclic) bond motifs is 1. The minimum Gasteiger partial charge on any atom is -0.456 e. The maximum absolute atomic E-state index is 12.4. The summed E-state index contributed by atoms with van der Waals surface area (Å²) in [5.74, 6) is -1.35. The largest absolute Gasteiger partial charge is 0.456 e. The second-order valence-electron chi connectivity index (χ2n) is 7.41. The average molecular weight is 392 g/mol. The molecule has 2 aromatic rings. The van der Waals surface area contributed by atoms with Crippen molar-refractivity contribution in [3.8, 4) is 0 Å². The van der Waals surface area contributed by atoms with Crippen molar-refractivity contribution < 1.29 is 19.1 Å². The Balaban J connectivity index is 1.55. The predicted molar refractivity (Wildman–Crippen MR) is 111 cm³/mol. The summed E-state index contributed by atoms with van der Waals surface area (Å²) in [6.45, 7) is 3.44. The van der Waals surface area contributed by atoms with E-state index in [1.54, 1.807) is 30.3 Å². The van der Waals surface area contributed by atoms with Gasteiger partial charge in [0.15, 0.2) is 12.4 Å². The molecule has 0 saturated carbocycles. The zero-order valence-corrected chi connectivity index (χ0v) is 16.8. The molecule has 1 aliphatic rings. The number of benzene rings is 2. The Morgan fingerprint density at radius 2 is 1.69 bits per heavy atom. The Hall–Kier alpha value is -3.41. The lowest BCUT2D eigenvalue weighted by atomic mass is 9.83. The quantitative estimate of drug-likeness (QED) is 0.604. The van der Waals surface area contributed by atoms with Gasteiger partial charge < -0.3 is 15.0 Å². The smallest absolute Gasteiger partial charge is 0.325 e. The van der Waals surface area contributed by atoms with Crippen LogP contribution in [0.4, 0.5) is 5.69 Å². The molecule has 1 N–H and O–H groups in total. The number of nitrogens with one attached hydrogen (secondary N) is 1. The highest BCUT2D eigenvalue weighted by Crippen LogP contribution is 2.46. The van der Waals surface area contributed by atoms with Crippen LogP contribution in [0.3, 0.4) is 0 Å². The van der Waals surface area contributed by atoms with E-state index in [-0.39, 0.29) is 30.3 Å². The van der Waals surface area contributed by atoms with Crippen molar-refractivity contribution in [2.75, 3.05) is 25.1 Å². The van der Waals surface area contributed by atoms with Crippen LogP contribution in [0, 0.1) is 0 Å². The van der Waals surface area contributed by atoms with E-state index >= 15 is 0 Å². The minimum absolute atomic E-state index is 0.297. The zero-order chi connectivity index (χ0) is 21.0. The van der Waals surface area contributed by atoms with E-state index in [9.17, 15) is 14.4 Å². The first kappa shape index (κ1) is 20.3. The number of rotatable bonds is 6. The third kappa shape index (κ3) is 4.37. The molecule has 0 radical (unpaired) electrons. The number of allylic oxidation sites excluding steroid dienone is 1. The molecule has 0 bridgehead atoms. The summed E-state index contributed by atoms with van der Waals surface area (Å²) in [4.78, 5) is 38.2. The minimum atomic E-state index is -0.664. The van der Waals surface area contributed by atoms with Crippen molar-refractivity contribution in [2.24, 2.45) is 0 Å². The molecule has 0 spiro atoms. The summed E-state index contributed by atoms with van der Waals surface area (Å²) in [6, 6.07) is 16.6. The van der Waals surface area contributed by atoms with Crippen LogP contribution in [0.5, 0.6) is 0 Å². The molecule has 6 nitrogen and oxygen atoms in total. The summed E-state index contributed by atoms with van der Waals surface area (Å²) in [6.07, 6.45) is 1.52. The molecular formula is C23H24N2O4. The normalized spacial score (nSPS) is 15.7. The van der Waals surface area contributed by atoms with Crippen molar-refractivity contribution in [3.63, 3.8) is 0 Å². The zero-order valence-electron chi connectivity index (χ0n) is 16.8. The van der Waals surface area contributed by atoms with Crippen LogP contribution in [0.1, 0.15) is 29.8 Å². The summed E-state index contributed by atoms with van der Waals surface area (Å²) in [5, 5.41) is 2.48. The van der Waals surface area contributed by atoms with Crippen LogP contribution in [-0.2, 0) is 19.7 Å². The molecule has 1 heterocycles. The van der Waals surface area contributed by atoms with Gasteiger partial charge >= 0.3 is 5.97 Å². The number of ketones is 1. The summed E-state index contributed by atoms with van der Waals surface area (Å²) in [5.41, 5.74) is 3.16. The molecule has 0 atom stereocenters. The molecule has 29 heavy (non-hydrogen) atoms. The second kappa shape index (κ2) is 8.31. The molecule has 2 aromatic carbocycles. The van der Waals surface area contributed by atoms with Crippen molar-refractivity contribution in [2.45, 2.75) is 19.3 Å². The molecule has 0 unspecified atom stereocenters. The highest BCUT2D eigenvalue weighted by molar-refractivity contribution is 5.97. The highest BCUT2D eigenvalue weighted by atomic mass is 16.5.